The van der Waals surface area contributed by atoms with E-state index in [-0.39, 0.29) is 11.9 Å². The highest BCUT2D eigenvalue weighted by Crippen LogP contribution is 2.31. The minimum atomic E-state index is -0.461. The summed E-state index contributed by atoms with van der Waals surface area (Å²) in [5.74, 6) is 0.0174. The zero-order chi connectivity index (χ0) is 19.6. The molecule has 5 nitrogen and oxygen atoms in total. The fourth-order valence-electron chi connectivity index (χ4n) is 3.85. The van der Waals surface area contributed by atoms with E-state index >= 15 is 0 Å². The molecule has 2 aliphatic rings. The predicted octanol–water partition coefficient (Wildman–Crippen LogP) is 3.34. The molecule has 2 atom stereocenters. The number of nitrogen functional groups attached to an aromatic ring is 1. The zero-order valence-corrected chi connectivity index (χ0v) is 16.9. The number of rotatable bonds is 5. The number of amides is 1. The molecule has 1 amide bonds. The van der Waals surface area contributed by atoms with Gasteiger partial charge in [0.05, 0.1) is 16.8 Å². The Hall–Kier alpha value is -1.98. The van der Waals surface area contributed by atoms with Crippen LogP contribution in [0.5, 0.6) is 0 Å². The Morgan fingerprint density at radius 2 is 2.22 bits per heavy atom. The topological polar surface area (TPSA) is 75.6 Å². The third kappa shape index (κ3) is 4.47. The molecule has 0 radical (unpaired) electrons. The van der Waals surface area contributed by atoms with E-state index in [0.29, 0.717) is 17.3 Å². The highest BCUT2D eigenvalue weighted by atomic mass is 35.5. The molecule has 6 heteroatoms. The van der Waals surface area contributed by atoms with Gasteiger partial charge in [0.1, 0.15) is 0 Å². The molecule has 146 valence electrons. The van der Waals surface area contributed by atoms with Crippen molar-refractivity contribution in [3.05, 3.63) is 46.5 Å². The van der Waals surface area contributed by atoms with Gasteiger partial charge in [0, 0.05) is 31.4 Å². The summed E-state index contributed by atoms with van der Waals surface area (Å²) >= 11 is 6.30. The smallest absolute Gasteiger partial charge is 0.239 e. The second-order valence-corrected chi connectivity index (χ2v) is 7.98. The van der Waals surface area contributed by atoms with Crippen molar-refractivity contribution in [2.75, 3.05) is 30.3 Å². The summed E-state index contributed by atoms with van der Waals surface area (Å²) in [5, 5.41) is 0.563. The van der Waals surface area contributed by atoms with Crippen LogP contribution in [0, 0.1) is 0 Å². The Kier molecular flexibility index (Phi) is 6.12. The molecule has 1 aromatic carbocycles. The number of hydrogen-bond acceptors (Lipinski definition) is 4. The number of halogens is 1. The van der Waals surface area contributed by atoms with E-state index in [1.807, 2.05) is 23.1 Å². The third-order valence-electron chi connectivity index (χ3n) is 5.52. The molecule has 0 bridgehead atoms. The lowest BCUT2D eigenvalue weighted by Crippen LogP contribution is -2.44. The van der Waals surface area contributed by atoms with Gasteiger partial charge >= 0.3 is 0 Å². The van der Waals surface area contributed by atoms with E-state index in [1.54, 1.807) is 6.92 Å². The number of likely N-dealkylation sites (tertiary alicyclic amines) is 1. The van der Waals surface area contributed by atoms with Gasteiger partial charge in [0.25, 0.3) is 0 Å². The van der Waals surface area contributed by atoms with Crippen molar-refractivity contribution in [1.29, 1.82) is 0 Å². The van der Waals surface area contributed by atoms with Crippen molar-refractivity contribution in [2.24, 2.45) is 5.73 Å². The third-order valence-corrected chi connectivity index (χ3v) is 5.85. The van der Waals surface area contributed by atoms with Crippen LogP contribution < -0.4 is 16.4 Å². The number of nitrogens with zero attached hydrogens (tertiary/aromatic N) is 2. The van der Waals surface area contributed by atoms with Crippen LogP contribution in [-0.4, -0.2) is 42.5 Å². The maximum Gasteiger partial charge on any atom is 0.239 e. The molecule has 1 unspecified atom stereocenters. The first kappa shape index (κ1) is 19.8. The molecule has 1 fully saturated rings. The van der Waals surface area contributed by atoms with Gasteiger partial charge in [-0.15, -0.1) is 0 Å². The van der Waals surface area contributed by atoms with Crippen molar-refractivity contribution >= 4 is 28.9 Å². The van der Waals surface area contributed by atoms with Crippen LogP contribution in [0.3, 0.4) is 0 Å². The Bertz CT molecular complexity index is 771. The number of nitrogens with two attached hydrogens (primary N) is 2. The lowest BCUT2D eigenvalue weighted by atomic mass is 9.97. The first-order valence-corrected chi connectivity index (χ1v) is 9.96. The second kappa shape index (κ2) is 8.36. The molecule has 0 saturated carbocycles. The fraction of sp³-hybridized carbons (Fsp3) is 0.476. The second-order valence-electron chi connectivity index (χ2n) is 7.58. The van der Waals surface area contributed by atoms with E-state index in [1.165, 1.54) is 11.1 Å². The molecule has 3 rings (SSSR count). The Balaban J connectivity index is 1.87. The monoisotopic (exact) mass is 388 g/mol. The van der Waals surface area contributed by atoms with Crippen molar-refractivity contribution in [2.45, 2.75) is 45.2 Å². The number of anilines is 2. The molecule has 1 aliphatic heterocycles. The lowest BCUT2D eigenvalue weighted by molar-refractivity contribution is -0.131. The van der Waals surface area contributed by atoms with Crippen molar-refractivity contribution in [3.8, 4) is 0 Å². The Morgan fingerprint density at radius 1 is 1.44 bits per heavy atom. The average Bonchev–Trinajstić information content (AvgIpc) is 3.12. The van der Waals surface area contributed by atoms with Crippen LogP contribution >= 0.6 is 11.6 Å². The van der Waals surface area contributed by atoms with Crippen LogP contribution in [0.2, 0.25) is 5.02 Å². The average molecular weight is 389 g/mol. The van der Waals surface area contributed by atoms with Gasteiger partial charge in [-0.25, -0.2) is 0 Å². The summed E-state index contributed by atoms with van der Waals surface area (Å²) < 4.78 is 0. The normalized spacial score (nSPS) is 20.9. The fourth-order valence-corrected chi connectivity index (χ4v) is 4.03. The highest BCUT2D eigenvalue weighted by Gasteiger charge is 2.32. The van der Waals surface area contributed by atoms with Crippen molar-refractivity contribution in [1.82, 2.24) is 4.90 Å². The number of carbonyl (C=O) groups excluding carboxylic acids is 1. The standard InChI is InChI=1S/C21H29ClN4O/c1-14-5-3-4-6-16(14)12-26(17-7-8-20(24)19(22)11-17)18-9-10-25(13-18)21(27)15(2)23/h3,5,7-8,11,15,18H,4,6,9-10,12-13,23-24H2,1-2H3/t15?,18-/m0/s1. The molecule has 27 heavy (non-hydrogen) atoms. The number of allylic oxidation sites excluding steroid dienone is 3. The highest BCUT2D eigenvalue weighted by molar-refractivity contribution is 6.33. The van der Waals surface area contributed by atoms with Gasteiger partial charge in [-0.3, -0.25) is 4.79 Å². The summed E-state index contributed by atoms with van der Waals surface area (Å²) in [6.45, 7) is 6.17. The van der Waals surface area contributed by atoms with Crippen molar-refractivity contribution < 1.29 is 4.79 Å². The van der Waals surface area contributed by atoms with Gasteiger partial charge in [-0.05, 0) is 56.9 Å². The summed E-state index contributed by atoms with van der Waals surface area (Å²) in [4.78, 5) is 16.6. The molecule has 1 heterocycles. The molecule has 0 spiro atoms. The predicted molar refractivity (Wildman–Crippen MR) is 113 cm³/mol. The Morgan fingerprint density at radius 3 is 2.89 bits per heavy atom. The molecular formula is C21H29ClN4O. The van der Waals surface area contributed by atoms with E-state index in [4.69, 9.17) is 23.1 Å². The maximum absolute atomic E-state index is 12.3. The van der Waals surface area contributed by atoms with E-state index in [9.17, 15) is 4.79 Å². The Labute approximate surface area is 166 Å². The van der Waals surface area contributed by atoms with Crippen LogP contribution in [0.1, 0.15) is 33.1 Å². The number of benzene rings is 1. The summed E-state index contributed by atoms with van der Waals surface area (Å²) in [6.07, 6.45) is 7.48. The van der Waals surface area contributed by atoms with E-state index < -0.39 is 6.04 Å². The van der Waals surface area contributed by atoms with Gasteiger partial charge in [0.2, 0.25) is 5.91 Å². The molecule has 1 aliphatic carbocycles. The van der Waals surface area contributed by atoms with E-state index in [2.05, 4.69) is 24.0 Å². The maximum atomic E-state index is 12.3. The quantitative estimate of drug-likeness (QED) is 0.758. The first-order chi connectivity index (χ1) is 12.9. The van der Waals surface area contributed by atoms with Gasteiger partial charge in [-0.2, -0.15) is 0 Å². The van der Waals surface area contributed by atoms with Crippen LogP contribution in [-0.2, 0) is 4.79 Å². The van der Waals surface area contributed by atoms with Gasteiger partial charge in [0.15, 0.2) is 0 Å². The minimum absolute atomic E-state index is 0.0174. The zero-order valence-electron chi connectivity index (χ0n) is 16.1. The molecule has 1 aromatic rings. The number of carbonyl (C=O) groups is 1. The first-order valence-electron chi connectivity index (χ1n) is 9.58. The van der Waals surface area contributed by atoms with Crippen molar-refractivity contribution in [3.63, 3.8) is 0 Å². The molecule has 0 aromatic heterocycles. The largest absolute Gasteiger partial charge is 0.398 e. The van der Waals surface area contributed by atoms with E-state index in [0.717, 1.165) is 38.0 Å². The summed E-state index contributed by atoms with van der Waals surface area (Å²) in [6, 6.07) is 5.58. The summed E-state index contributed by atoms with van der Waals surface area (Å²) in [7, 11) is 0. The molecule has 1 saturated heterocycles. The van der Waals surface area contributed by atoms with Crippen LogP contribution in [0.4, 0.5) is 11.4 Å². The lowest BCUT2D eigenvalue weighted by Gasteiger charge is -2.33. The minimum Gasteiger partial charge on any atom is -0.398 e. The van der Waals surface area contributed by atoms with Gasteiger partial charge < -0.3 is 21.3 Å². The van der Waals surface area contributed by atoms with Gasteiger partial charge in [-0.1, -0.05) is 29.3 Å². The molecular weight excluding hydrogens is 360 g/mol. The van der Waals surface area contributed by atoms with Crippen LogP contribution in [0.15, 0.2) is 41.5 Å². The molecule has 4 N–H and O–H groups in total. The number of hydrogen-bond donors (Lipinski definition) is 2. The van der Waals surface area contributed by atoms with Crippen LogP contribution in [0.25, 0.3) is 0 Å². The SMILES string of the molecule is CC1=C(CN(c2ccc(N)c(Cl)c2)[C@H]2CCN(C(=O)C(C)N)C2)CCC=C1. The summed E-state index contributed by atoms with van der Waals surface area (Å²) in [5.41, 5.74) is 16.1.